The monoisotopic (exact) mass is 419 g/mol. The minimum atomic E-state index is -3.69. The van der Waals surface area contributed by atoms with Gasteiger partial charge < -0.3 is 0 Å². The fourth-order valence-electron chi connectivity index (χ4n) is 2.56. The summed E-state index contributed by atoms with van der Waals surface area (Å²) in [5, 5.41) is 1.94. The Labute approximate surface area is 177 Å². The van der Waals surface area contributed by atoms with E-state index in [-0.39, 0.29) is 23.9 Å². The van der Waals surface area contributed by atoms with Gasteiger partial charge in [-0.2, -0.15) is 4.31 Å². The summed E-state index contributed by atoms with van der Waals surface area (Å²) < 4.78 is 27.6. The molecule has 2 aromatic rings. The SMILES string of the molecule is Cc1ccc(S(=O)(=O)N(CC#Cc2cccs2)CC#CC2C=CC=CC=C2)cc1. The number of benzene rings is 1. The van der Waals surface area contributed by atoms with Crippen LogP contribution in [-0.4, -0.2) is 25.8 Å². The van der Waals surface area contributed by atoms with Gasteiger partial charge in [0, 0.05) is 0 Å². The lowest BCUT2D eigenvalue weighted by Gasteiger charge is -2.17. The van der Waals surface area contributed by atoms with Gasteiger partial charge in [-0.3, -0.25) is 0 Å². The van der Waals surface area contributed by atoms with Crippen LogP contribution in [-0.2, 0) is 10.0 Å². The average molecular weight is 420 g/mol. The fourth-order valence-corrected chi connectivity index (χ4v) is 4.40. The minimum absolute atomic E-state index is 0.0360. The van der Waals surface area contributed by atoms with Crippen molar-refractivity contribution in [3.05, 3.63) is 88.7 Å². The molecule has 1 aromatic carbocycles. The molecule has 1 heterocycles. The van der Waals surface area contributed by atoms with Crippen LogP contribution in [0.5, 0.6) is 0 Å². The van der Waals surface area contributed by atoms with E-state index in [9.17, 15) is 8.42 Å². The second-order valence-electron chi connectivity index (χ2n) is 6.37. The van der Waals surface area contributed by atoms with E-state index in [1.54, 1.807) is 24.3 Å². The van der Waals surface area contributed by atoms with Crippen molar-refractivity contribution < 1.29 is 8.42 Å². The number of hydrogen-bond acceptors (Lipinski definition) is 3. The molecular weight excluding hydrogens is 398 g/mol. The maximum atomic E-state index is 13.1. The molecule has 0 aliphatic heterocycles. The van der Waals surface area contributed by atoms with Crippen molar-refractivity contribution in [2.45, 2.75) is 11.8 Å². The minimum Gasteiger partial charge on any atom is -0.207 e. The molecule has 29 heavy (non-hydrogen) atoms. The Hall–Kier alpha value is -2.83. The highest BCUT2D eigenvalue weighted by molar-refractivity contribution is 7.89. The van der Waals surface area contributed by atoms with Crippen molar-refractivity contribution in [1.82, 2.24) is 4.31 Å². The quantitative estimate of drug-likeness (QED) is 0.689. The molecule has 1 aliphatic rings. The van der Waals surface area contributed by atoms with Gasteiger partial charge in [0.15, 0.2) is 0 Å². The molecular formula is C24H21NO2S2. The average Bonchev–Trinajstić information content (AvgIpc) is 3.09. The van der Waals surface area contributed by atoms with Gasteiger partial charge in [0.25, 0.3) is 0 Å². The van der Waals surface area contributed by atoms with Crippen LogP contribution in [0, 0.1) is 36.5 Å². The highest BCUT2D eigenvalue weighted by Crippen LogP contribution is 2.16. The van der Waals surface area contributed by atoms with E-state index >= 15 is 0 Å². The first kappa shape index (κ1) is 20.9. The van der Waals surface area contributed by atoms with E-state index in [4.69, 9.17) is 0 Å². The fraction of sp³-hybridized carbons (Fsp3) is 0.167. The number of aryl methyl sites for hydroxylation is 1. The first-order valence-corrected chi connectivity index (χ1v) is 11.5. The van der Waals surface area contributed by atoms with Gasteiger partial charge in [0.1, 0.15) is 0 Å². The molecule has 146 valence electrons. The van der Waals surface area contributed by atoms with Crippen LogP contribution in [0.2, 0.25) is 0 Å². The van der Waals surface area contributed by atoms with Gasteiger partial charge in [-0.05, 0) is 30.5 Å². The van der Waals surface area contributed by atoms with Crippen molar-refractivity contribution in [2.75, 3.05) is 13.1 Å². The normalized spacial score (nSPS) is 13.4. The lowest BCUT2D eigenvalue weighted by Crippen LogP contribution is -2.32. The molecule has 0 amide bonds. The van der Waals surface area contributed by atoms with Crippen molar-refractivity contribution >= 4 is 21.4 Å². The summed E-state index contributed by atoms with van der Waals surface area (Å²) in [5.41, 5.74) is 1.01. The van der Waals surface area contributed by atoms with E-state index in [1.165, 1.54) is 15.6 Å². The van der Waals surface area contributed by atoms with Crippen LogP contribution < -0.4 is 0 Å². The highest BCUT2D eigenvalue weighted by atomic mass is 32.2. The van der Waals surface area contributed by atoms with Gasteiger partial charge >= 0.3 is 0 Å². The third kappa shape index (κ3) is 6.07. The molecule has 0 radical (unpaired) electrons. The number of hydrogen-bond donors (Lipinski definition) is 0. The largest absolute Gasteiger partial charge is 0.244 e. The number of nitrogens with zero attached hydrogens (tertiary/aromatic N) is 1. The topological polar surface area (TPSA) is 37.4 Å². The molecule has 3 nitrogen and oxygen atoms in total. The summed E-state index contributed by atoms with van der Waals surface area (Å²) >= 11 is 1.53. The molecule has 0 fully saturated rings. The van der Waals surface area contributed by atoms with Crippen molar-refractivity contribution in [2.24, 2.45) is 5.92 Å². The molecule has 0 spiro atoms. The molecule has 0 atom stereocenters. The lowest BCUT2D eigenvalue weighted by atomic mass is 10.1. The standard InChI is InChI=1S/C24H21NO2S2/c1-21-14-16-24(17-15-21)29(26,27)25(19-7-12-23-13-8-20-28-23)18-6-11-22-9-4-2-3-5-10-22/h2-5,8-10,13-17,20,22H,18-19H2,1H3. The van der Waals surface area contributed by atoms with E-state index in [0.717, 1.165) is 10.4 Å². The molecule has 3 rings (SSSR count). The molecule has 5 heteroatoms. The van der Waals surface area contributed by atoms with Gasteiger partial charge in [-0.15, -0.1) is 11.3 Å². The molecule has 0 unspecified atom stereocenters. The first-order valence-electron chi connectivity index (χ1n) is 9.15. The predicted molar refractivity (Wildman–Crippen MR) is 120 cm³/mol. The predicted octanol–water partition coefficient (Wildman–Crippen LogP) is 4.40. The van der Waals surface area contributed by atoms with Gasteiger partial charge in [-0.25, -0.2) is 8.42 Å². The Morgan fingerprint density at radius 1 is 0.966 bits per heavy atom. The Kier molecular flexibility index (Phi) is 7.27. The zero-order valence-electron chi connectivity index (χ0n) is 16.1. The maximum Gasteiger partial charge on any atom is 0.244 e. The Morgan fingerprint density at radius 3 is 2.31 bits per heavy atom. The summed E-state index contributed by atoms with van der Waals surface area (Å²) in [5.74, 6) is 12.1. The molecule has 0 saturated heterocycles. The van der Waals surface area contributed by atoms with Crippen LogP contribution in [0.1, 0.15) is 10.4 Å². The van der Waals surface area contributed by atoms with Gasteiger partial charge in [0.2, 0.25) is 10.0 Å². The number of allylic oxidation sites excluding steroid dienone is 6. The van der Waals surface area contributed by atoms with Crippen LogP contribution in [0.3, 0.4) is 0 Å². The summed E-state index contributed by atoms with van der Waals surface area (Å²) in [6, 6.07) is 10.7. The van der Waals surface area contributed by atoms with E-state index in [1.807, 2.05) is 60.9 Å². The number of thiophene rings is 1. The zero-order chi connectivity index (χ0) is 20.5. The summed E-state index contributed by atoms with van der Waals surface area (Å²) in [6.07, 6.45) is 11.7. The second kappa shape index (κ2) is 10.1. The lowest BCUT2D eigenvalue weighted by molar-refractivity contribution is 0.482. The smallest absolute Gasteiger partial charge is 0.207 e. The van der Waals surface area contributed by atoms with Crippen LogP contribution >= 0.6 is 11.3 Å². The van der Waals surface area contributed by atoms with Crippen LogP contribution in [0.15, 0.2) is 83.1 Å². The molecule has 0 saturated carbocycles. The van der Waals surface area contributed by atoms with E-state index < -0.39 is 10.0 Å². The number of sulfonamides is 1. The van der Waals surface area contributed by atoms with E-state index in [0.29, 0.717) is 0 Å². The Balaban J connectivity index is 1.82. The summed E-state index contributed by atoms with van der Waals surface area (Å²) in [7, 11) is -3.69. The maximum absolute atomic E-state index is 13.1. The van der Waals surface area contributed by atoms with E-state index in [2.05, 4.69) is 23.7 Å². The molecule has 0 bridgehead atoms. The van der Waals surface area contributed by atoms with Crippen molar-refractivity contribution in [3.8, 4) is 23.7 Å². The Morgan fingerprint density at radius 2 is 1.66 bits per heavy atom. The molecule has 0 N–H and O–H groups in total. The Bertz CT molecular complexity index is 1120. The third-order valence-electron chi connectivity index (χ3n) is 4.14. The number of rotatable bonds is 4. The summed E-state index contributed by atoms with van der Waals surface area (Å²) in [6.45, 7) is 2.09. The van der Waals surface area contributed by atoms with Crippen LogP contribution in [0.25, 0.3) is 0 Å². The molecule has 1 aromatic heterocycles. The highest BCUT2D eigenvalue weighted by Gasteiger charge is 2.22. The summed E-state index contributed by atoms with van der Waals surface area (Å²) in [4.78, 5) is 1.16. The van der Waals surface area contributed by atoms with Crippen molar-refractivity contribution in [3.63, 3.8) is 0 Å². The van der Waals surface area contributed by atoms with Crippen molar-refractivity contribution in [1.29, 1.82) is 0 Å². The zero-order valence-corrected chi connectivity index (χ0v) is 17.7. The molecule has 1 aliphatic carbocycles. The van der Waals surface area contributed by atoms with Gasteiger partial charge in [0.05, 0.1) is 28.8 Å². The van der Waals surface area contributed by atoms with Crippen LogP contribution in [0.4, 0.5) is 0 Å². The second-order valence-corrected chi connectivity index (χ2v) is 9.25. The third-order valence-corrected chi connectivity index (χ3v) is 6.73. The van der Waals surface area contributed by atoms with Gasteiger partial charge in [-0.1, -0.05) is 83.9 Å². The first-order chi connectivity index (χ1) is 14.1.